The average Bonchev–Trinajstić information content (AvgIpc) is 2.93. The van der Waals surface area contributed by atoms with Gasteiger partial charge in [-0.25, -0.2) is 4.98 Å². The molecule has 2 aliphatic rings. The molecule has 28 heavy (non-hydrogen) atoms. The van der Waals surface area contributed by atoms with Crippen molar-refractivity contribution in [2.24, 2.45) is 0 Å². The molecule has 0 aliphatic carbocycles. The lowest BCUT2D eigenvalue weighted by Crippen LogP contribution is -2.48. The van der Waals surface area contributed by atoms with Gasteiger partial charge in [-0.1, -0.05) is 11.6 Å². The van der Waals surface area contributed by atoms with Crippen molar-refractivity contribution in [3.8, 4) is 11.5 Å². The van der Waals surface area contributed by atoms with Crippen LogP contribution in [0.3, 0.4) is 0 Å². The van der Waals surface area contributed by atoms with Crippen LogP contribution < -0.4 is 9.47 Å². The van der Waals surface area contributed by atoms with Gasteiger partial charge in [-0.05, 0) is 24.6 Å². The molecule has 6 nitrogen and oxygen atoms in total. The molecule has 0 unspecified atom stereocenters. The minimum Gasteiger partial charge on any atom is -0.489 e. The number of piperazine rings is 1. The van der Waals surface area contributed by atoms with Gasteiger partial charge in [-0.3, -0.25) is 9.69 Å². The van der Waals surface area contributed by atoms with Crippen LogP contribution in [0.4, 0.5) is 0 Å². The predicted octanol–water partition coefficient (Wildman–Crippen LogP) is 3.15. The number of hydrogen-bond donors (Lipinski definition) is 0. The van der Waals surface area contributed by atoms with E-state index >= 15 is 0 Å². The third kappa shape index (κ3) is 4.59. The van der Waals surface area contributed by atoms with Gasteiger partial charge in [0.05, 0.1) is 24.7 Å². The van der Waals surface area contributed by atoms with E-state index in [1.54, 1.807) is 11.3 Å². The first kappa shape index (κ1) is 19.5. The van der Waals surface area contributed by atoms with Crippen LogP contribution in [-0.2, 0) is 17.8 Å². The molecule has 1 aromatic heterocycles. The minimum atomic E-state index is 0.160. The zero-order valence-electron chi connectivity index (χ0n) is 15.9. The molecule has 0 radical (unpaired) electrons. The highest BCUT2D eigenvalue weighted by molar-refractivity contribution is 7.09. The number of nitrogens with zero attached hydrogens (tertiary/aromatic N) is 3. The Hall–Kier alpha value is -1.83. The molecule has 1 fully saturated rings. The topological polar surface area (TPSA) is 54.9 Å². The van der Waals surface area contributed by atoms with Crippen molar-refractivity contribution in [3.63, 3.8) is 0 Å². The average molecular weight is 422 g/mol. The Labute approximate surface area is 174 Å². The SMILES string of the molecule is Cc1csc(CC(=O)N2CCN(Cc3cc(Cl)c4c(c3)OCCCO4)CC2)n1. The van der Waals surface area contributed by atoms with E-state index in [9.17, 15) is 4.79 Å². The molecule has 0 saturated carbocycles. The molecule has 1 saturated heterocycles. The molecular weight excluding hydrogens is 398 g/mol. The van der Waals surface area contributed by atoms with Gasteiger partial charge in [-0.15, -0.1) is 11.3 Å². The molecule has 3 heterocycles. The van der Waals surface area contributed by atoms with E-state index in [0.29, 0.717) is 30.4 Å². The molecule has 0 bridgehead atoms. The van der Waals surface area contributed by atoms with Crippen molar-refractivity contribution in [1.29, 1.82) is 0 Å². The lowest BCUT2D eigenvalue weighted by molar-refractivity contribution is -0.132. The third-order valence-electron chi connectivity index (χ3n) is 4.96. The number of aromatic nitrogens is 1. The van der Waals surface area contributed by atoms with Gasteiger partial charge in [0.1, 0.15) is 5.01 Å². The van der Waals surface area contributed by atoms with Crippen LogP contribution in [-0.4, -0.2) is 60.1 Å². The highest BCUT2D eigenvalue weighted by Gasteiger charge is 2.23. The maximum absolute atomic E-state index is 12.5. The minimum absolute atomic E-state index is 0.160. The van der Waals surface area contributed by atoms with E-state index in [1.165, 1.54) is 0 Å². The van der Waals surface area contributed by atoms with Crippen LogP contribution in [0.15, 0.2) is 17.5 Å². The first-order valence-electron chi connectivity index (χ1n) is 9.57. The monoisotopic (exact) mass is 421 g/mol. The number of benzene rings is 1. The molecular formula is C20H24ClN3O3S. The molecule has 2 aliphatic heterocycles. The Balaban J connectivity index is 1.32. The van der Waals surface area contributed by atoms with Crippen LogP contribution >= 0.6 is 22.9 Å². The lowest BCUT2D eigenvalue weighted by atomic mass is 10.1. The number of rotatable bonds is 4. The van der Waals surface area contributed by atoms with Gasteiger partial charge in [0.15, 0.2) is 11.5 Å². The summed E-state index contributed by atoms with van der Waals surface area (Å²) in [7, 11) is 0. The van der Waals surface area contributed by atoms with Crippen LogP contribution in [0, 0.1) is 6.92 Å². The summed E-state index contributed by atoms with van der Waals surface area (Å²) in [6.07, 6.45) is 1.26. The van der Waals surface area contributed by atoms with Crippen LogP contribution in [0.25, 0.3) is 0 Å². The summed E-state index contributed by atoms with van der Waals surface area (Å²) in [6, 6.07) is 3.98. The summed E-state index contributed by atoms with van der Waals surface area (Å²) in [5.41, 5.74) is 2.08. The lowest BCUT2D eigenvalue weighted by Gasteiger charge is -2.34. The quantitative estimate of drug-likeness (QED) is 0.759. The van der Waals surface area contributed by atoms with Crippen molar-refractivity contribution in [3.05, 3.63) is 38.8 Å². The standard InChI is InChI=1S/C20H24ClN3O3S/c1-14-13-28-18(22-14)11-19(25)24-5-3-23(4-6-24)12-15-9-16(21)20-17(10-15)26-7-2-8-27-20/h9-10,13H,2-8,11-12H2,1H3. The van der Waals surface area contributed by atoms with Gasteiger partial charge in [0.25, 0.3) is 0 Å². The number of hydrogen-bond acceptors (Lipinski definition) is 6. The normalized spacial score (nSPS) is 17.4. The zero-order chi connectivity index (χ0) is 19.5. The van der Waals surface area contributed by atoms with E-state index in [-0.39, 0.29) is 5.91 Å². The van der Waals surface area contributed by atoms with Gasteiger partial charge >= 0.3 is 0 Å². The highest BCUT2D eigenvalue weighted by atomic mass is 35.5. The molecule has 0 N–H and O–H groups in total. The fraction of sp³-hybridized carbons (Fsp3) is 0.500. The van der Waals surface area contributed by atoms with E-state index < -0.39 is 0 Å². The van der Waals surface area contributed by atoms with E-state index in [1.807, 2.05) is 29.3 Å². The van der Waals surface area contributed by atoms with E-state index in [4.69, 9.17) is 21.1 Å². The summed E-state index contributed by atoms with van der Waals surface area (Å²) in [6.45, 7) is 7.17. The zero-order valence-corrected chi connectivity index (χ0v) is 17.5. The van der Waals surface area contributed by atoms with Crippen LogP contribution in [0.2, 0.25) is 5.02 Å². The maximum atomic E-state index is 12.5. The predicted molar refractivity (Wildman–Crippen MR) is 109 cm³/mol. The second kappa shape index (κ2) is 8.68. The number of halogens is 1. The third-order valence-corrected chi connectivity index (χ3v) is 6.21. The van der Waals surface area contributed by atoms with Crippen molar-refractivity contribution in [2.75, 3.05) is 39.4 Å². The van der Waals surface area contributed by atoms with E-state index in [2.05, 4.69) is 9.88 Å². The fourth-order valence-corrected chi connectivity index (χ4v) is 4.56. The van der Waals surface area contributed by atoms with Crippen LogP contribution in [0.5, 0.6) is 11.5 Å². The van der Waals surface area contributed by atoms with Gasteiger partial charge in [-0.2, -0.15) is 0 Å². The highest BCUT2D eigenvalue weighted by Crippen LogP contribution is 2.38. The smallest absolute Gasteiger partial charge is 0.229 e. The van der Waals surface area contributed by atoms with Gasteiger partial charge < -0.3 is 14.4 Å². The van der Waals surface area contributed by atoms with Gasteiger partial charge in [0.2, 0.25) is 5.91 Å². The Morgan fingerprint density at radius 2 is 2.00 bits per heavy atom. The van der Waals surface area contributed by atoms with Crippen molar-refractivity contribution >= 4 is 28.8 Å². The molecule has 0 atom stereocenters. The Kier molecular flexibility index (Phi) is 6.04. The second-order valence-electron chi connectivity index (χ2n) is 7.17. The summed E-state index contributed by atoms with van der Waals surface area (Å²) in [5, 5.41) is 3.48. The summed E-state index contributed by atoms with van der Waals surface area (Å²) < 4.78 is 11.5. The number of thiazole rings is 1. The largest absolute Gasteiger partial charge is 0.489 e. The Morgan fingerprint density at radius 3 is 2.75 bits per heavy atom. The van der Waals surface area contributed by atoms with Crippen molar-refractivity contribution < 1.29 is 14.3 Å². The van der Waals surface area contributed by atoms with E-state index in [0.717, 1.165) is 61.2 Å². The molecule has 1 aromatic carbocycles. The second-order valence-corrected chi connectivity index (χ2v) is 8.52. The Morgan fingerprint density at radius 1 is 1.21 bits per heavy atom. The number of carbonyl (C=O) groups is 1. The maximum Gasteiger partial charge on any atom is 0.229 e. The number of ether oxygens (including phenoxy) is 2. The summed E-state index contributed by atoms with van der Waals surface area (Å²) in [5.74, 6) is 1.54. The Bertz CT molecular complexity index is 849. The molecule has 2 aromatic rings. The first-order chi connectivity index (χ1) is 13.6. The summed E-state index contributed by atoms with van der Waals surface area (Å²) in [4.78, 5) is 21.2. The number of amides is 1. The molecule has 4 rings (SSSR count). The number of carbonyl (C=O) groups excluding carboxylic acids is 1. The molecule has 0 spiro atoms. The molecule has 8 heteroatoms. The van der Waals surface area contributed by atoms with Crippen molar-refractivity contribution in [2.45, 2.75) is 26.3 Å². The molecule has 150 valence electrons. The molecule has 1 amide bonds. The van der Waals surface area contributed by atoms with Gasteiger partial charge in [0, 0.05) is 50.2 Å². The number of fused-ring (bicyclic) bond motifs is 1. The fourth-order valence-electron chi connectivity index (χ4n) is 3.51. The summed E-state index contributed by atoms with van der Waals surface area (Å²) >= 11 is 7.95. The van der Waals surface area contributed by atoms with Crippen molar-refractivity contribution in [1.82, 2.24) is 14.8 Å². The first-order valence-corrected chi connectivity index (χ1v) is 10.8. The number of aryl methyl sites for hydroxylation is 1. The van der Waals surface area contributed by atoms with Crippen LogP contribution in [0.1, 0.15) is 22.7 Å².